The van der Waals surface area contributed by atoms with Crippen LogP contribution in [0.5, 0.6) is 5.88 Å². The van der Waals surface area contributed by atoms with Gasteiger partial charge in [0.05, 0.1) is 44.4 Å². The molecular formula is C14H21N3O3. The first-order valence-corrected chi connectivity index (χ1v) is 7.13. The van der Waals surface area contributed by atoms with Gasteiger partial charge in [-0.05, 0) is 5.92 Å². The second-order valence-electron chi connectivity index (χ2n) is 5.74. The maximum atomic E-state index is 5.84. The van der Waals surface area contributed by atoms with Gasteiger partial charge in [-0.1, -0.05) is 13.8 Å². The smallest absolute Gasteiger partial charge is 0.234 e. The minimum absolute atomic E-state index is 0.129. The molecule has 0 aromatic carbocycles. The second kappa shape index (κ2) is 5.93. The van der Waals surface area contributed by atoms with E-state index in [0.29, 0.717) is 31.6 Å². The first-order valence-electron chi connectivity index (χ1n) is 7.13. The molecular weight excluding hydrogens is 258 g/mol. The molecule has 2 atom stereocenters. The van der Waals surface area contributed by atoms with Gasteiger partial charge in [0.2, 0.25) is 5.88 Å². The first kappa shape index (κ1) is 13.6. The predicted octanol–water partition coefficient (Wildman–Crippen LogP) is 1.12. The molecule has 6 nitrogen and oxygen atoms in total. The highest BCUT2D eigenvalue weighted by molar-refractivity contribution is 5.38. The Morgan fingerprint density at radius 3 is 2.75 bits per heavy atom. The summed E-state index contributed by atoms with van der Waals surface area (Å²) in [5.41, 5.74) is 0. The van der Waals surface area contributed by atoms with Crippen molar-refractivity contribution in [1.29, 1.82) is 0 Å². The largest absolute Gasteiger partial charge is 0.476 e. The van der Waals surface area contributed by atoms with Gasteiger partial charge in [0.25, 0.3) is 0 Å². The van der Waals surface area contributed by atoms with Crippen LogP contribution in [-0.4, -0.2) is 55.1 Å². The van der Waals surface area contributed by atoms with E-state index in [9.17, 15) is 0 Å². The van der Waals surface area contributed by atoms with Crippen molar-refractivity contribution in [3.8, 4) is 5.88 Å². The lowest BCUT2D eigenvalue weighted by Crippen LogP contribution is -2.54. The number of anilines is 1. The molecule has 0 radical (unpaired) electrons. The van der Waals surface area contributed by atoms with E-state index in [1.807, 2.05) is 0 Å². The van der Waals surface area contributed by atoms with E-state index in [4.69, 9.17) is 14.2 Å². The molecule has 1 aromatic rings. The Hall–Kier alpha value is -1.40. The van der Waals surface area contributed by atoms with Gasteiger partial charge < -0.3 is 19.1 Å². The molecule has 110 valence electrons. The van der Waals surface area contributed by atoms with Crippen LogP contribution in [0.15, 0.2) is 12.4 Å². The molecule has 0 spiro atoms. The molecule has 3 rings (SSSR count). The topological polar surface area (TPSA) is 56.7 Å². The van der Waals surface area contributed by atoms with E-state index in [1.54, 1.807) is 12.4 Å². The number of hydrogen-bond acceptors (Lipinski definition) is 6. The third-order valence-electron chi connectivity index (χ3n) is 3.33. The lowest BCUT2D eigenvalue weighted by atomic mass is 10.2. The average molecular weight is 279 g/mol. The summed E-state index contributed by atoms with van der Waals surface area (Å²) < 4.78 is 17.0. The molecule has 0 N–H and O–H groups in total. The Morgan fingerprint density at radius 1 is 1.30 bits per heavy atom. The monoisotopic (exact) mass is 279 g/mol. The summed E-state index contributed by atoms with van der Waals surface area (Å²) in [6, 6.07) is 0. The maximum Gasteiger partial charge on any atom is 0.234 e. The van der Waals surface area contributed by atoms with E-state index in [-0.39, 0.29) is 12.2 Å². The van der Waals surface area contributed by atoms with Gasteiger partial charge in [-0.25, -0.2) is 0 Å². The van der Waals surface area contributed by atoms with Gasteiger partial charge in [0.1, 0.15) is 0 Å². The Bertz CT molecular complexity index is 443. The number of fused-ring (bicyclic) bond motifs is 2. The average Bonchev–Trinajstić information content (AvgIpc) is 2.45. The lowest BCUT2D eigenvalue weighted by molar-refractivity contribution is -0.144. The molecule has 6 heteroatoms. The second-order valence-corrected chi connectivity index (χ2v) is 5.74. The van der Waals surface area contributed by atoms with Crippen molar-refractivity contribution in [2.45, 2.75) is 26.1 Å². The molecule has 1 aromatic heterocycles. The zero-order chi connectivity index (χ0) is 13.9. The van der Waals surface area contributed by atoms with E-state index < -0.39 is 0 Å². The summed E-state index contributed by atoms with van der Waals surface area (Å²) in [5, 5.41) is 0. The van der Waals surface area contributed by atoms with Crippen LogP contribution >= 0.6 is 0 Å². The minimum atomic E-state index is 0.129. The van der Waals surface area contributed by atoms with E-state index in [1.165, 1.54) is 0 Å². The fourth-order valence-electron chi connectivity index (χ4n) is 2.44. The fourth-order valence-corrected chi connectivity index (χ4v) is 2.44. The summed E-state index contributed by atoms with van der Waals surface area (Å²) in [7, 11) is 0. The lowest BCUT2D eigenvalue weighted by Gasteiger charge is -2.41. The zero-order valence-corrected chi connectivity index (χ0v) is 12.0. The van der Waals surface area contributed by atoms with Crippen LogP contribution in [0.4, 0.5) is 5.82 Å². The molecule has 20 heavy (non-hydrogen) atoms. The van der Waals surface area contributed by atoms with Crippen molar-refractivity contribution < 1.29 is 14.2 Å². The van der Waals surface area contributed by atoms with Crippen molar-refractivity contribution in [3.05, 3.63) is 12.4 Å². The molecule has 3 heterocycles. The van der Waals surface area contributed by atoms with Crippen LogP contribution in [0.1, 0.15) is 13.8 Å². The van der Waals surface area contributed by atoms with Crippen LogP contribution in [0.25, 0.3) is 0 Å². The first-order chi connectivity index (χ1) is 9.70. The zero-order valence-electron chi connectivity index (χ0n) is 12.0. The van der Waals surface area contributed by atoms with Crippen LogP contribution < -0.4 is 9.64 Å². The number of rotatable bonds is 4. The molecule has 0 saturated carbocycles. The third kappa shape index (κ3) is 3.19. The molecule has 2 unspecified atom stereocenters. The van der Waals surface area contributed by atoms with Crippen LogP contribution in [0.3, 0.4) is 0 Å². The highest BCUT2D eigenvalue weighted by Gasteiger charge is 2.32. The van der Waals surface area contributed by atoms with E-state index >= 15 is 0 Å². The van der Waals surface area contributed by atoms with E-state index in [2.05, 4.69) is 28.7 Å². The van der Waals surface area contributed by atoms with Gasteiger partial charge in [0, 0.05) is 13.1 Å². The normalized spacial score (nSPS) is 25.9. The number of ether oxygens (including phenoxy) is 3. The van der Waals surface area contributed by atoms with Crippen molar-refractivity contribution >= 4 is 5.82 Å². The van der Waals surface area contributed by atoms with Gasteiger partial charge in [-0.2, -0.15) is 4.98 Å². The van der Waals surface area contributed by atoms with Gasteiger partial charge >= 0.3 is 0 Å². The number of nitrogens with zero attached hydrogens (tertiary/aromatic N) is 3. The summed E-state index contributed by atoms with van der Waals surface area (Å²) in [6.45, 7) is 7.77. The molecule has 2 fully saturated rings. The van der Waals surface area contributed by atoms with Crippen molar-refractivity contribution in [1.82, 2.24) is 9.97 Å². The molecule has 0 amide bonds. The van der Waals surface area contributed by atoms with Crippen molar-refractivity contribution in [2.24, 2.45) is 5.92 Å². The number of morpholine rings is 1. The summed E-state index contributed by atoms with van der Waals surface area (Å²) in [6.07, 6.45) is 3.70. The number of aromatic nitrogens is 2. The predicted molar refractivity (Wildman–Crippen MR) is 74.1 cm³/mol. The molecule has 2 aliphatic heterocycles. The third-order valence-corrected chi connectivity index (χ3v) is 3.33. The van der Waals surface area contributed by atoms with Crippen molar-refractivity contribution in [3.63, 3.8) is 0 Å². The van der Waals surface area contributed by atoms with Crippen LogP contribution in [-0.2, 0) is 9.47 Å². The highest BCUT2D eigenvalue weighted by atomic mass is 16.6. The van der Waals surface area contributed by atoms with Crippen LogP contribution in [0, 0.1) is 5.92 Å². The van der Waals surface area contributed by atoms with Gasteiger partial charge in [-0.15, -0.1) is 0 Å². The Morgan fingerprint density at radius 2 is 2.05 bits per heavy atom. The Balaban J connectivity index is 1.68. The Labute approximate surface area is 119 Å². The summed E-state index contributed by atoms with van der Waals surface area (Å²) in [5.74, 6) is 1.91. The van der Waals surface area contributed by atoms with Crippen LogP contribution in [0.2, 0.25) is 0 Å². The molecule has 2 aliphatic rings. The molecule has 2 saturated heterocycles. The Kier molecular flexibility index (Phi) is 4.03. The minimum Gasteiger partial charge on any atom is -0.476 e. The van der Waals surface area contributed by atoms with Gasteiger partial charge in [0.15, 0.2) is 5.82 Å². The molecule has 2 bridgehead atoms. The standard InChI is InChI=1S/C14H21N3O3/c1-10(2)7-19-14-4-15-3-13(16-14)17-5-11-8-18-9-12(6-17)20-11/h3-4,10-12H,5-9H2,1-2H3. The van der Waals surface area contributed by atoms with E-state index in [0.717, 1.165) is 18.9 Å². The quantitative estimate of drug-likeness (QED) is 0.823. The number of hydrogen-bond donors (Lipinski definition) is 0. The fraction of sp³-hybridized carbons (Fsp3) is 0.714. The molecule has 0 aliphatic carbocycles. The van der Waals surface area contributed by atoms with Crippen molar-refractivity contribution in [2.75, 3.05) is 37.8 Å². The maximum absolute atomic E-state index is 5.84. The SMILES string of the molecule is CC(C)COc1cncc(N2CC3COCC(C2)O3)n1. The highest BCUT2D eigenvalue weighted by Crippen LogP contribution is 2.22. The summed E-state index contributed by atoms with van der Waals surface area (Å²) in [4.78, 5) is 11.0. The van der Waals surface area contributed by atoms with Gasteiger partial charge in [-0.3, -0.25) is 4.98 Å². The summed E-state index contributed by atoms with van der Waals surface area (Å²) >= 11 is 0.